The van der Waals surface area contributed by atoms with Gasteiger partial charge in [-0.15, -0.1) is 0 Å². The first-order chi connectivity index (χ1) is 8.59. The number of pyridine rings is 1. The van der Waals surface area contributed by atoms with Crippen LogP contribution in [-0.2, 0) is 0 Å². The molecule has 1 aromatic carbocycles. The molecule has 5 heteroatoms. The summed E-state index contributed by atoms with van der Waals surface area (Å²) in [7, 11) is 1.63. The summed E-state index contributed by atoms with van der Waals surface area (Å²) in [4.78, 5) is 17.5. The number of carbonyl (C=O) groups is 1. The van der Waals surface area contributed by atoms with E-state index in [1.807, 2.05) is 0 Å². The van der Waals surface area contributed by atoms with Gasteiger partial charge < -0.3 is 10.6 Å². The van der Waals surface area contributed by atoms with Crippen molar-refractivity contribution in [2.75, 3.05) is 17.7 Å². The molecule has 0 saturated heterocycles. The van der Waals surface area contributed by atoms with Gasteiger partial charge in [-0.3, -0.25) is 9.78 Å². The van der Waals surface area contributed by atoms with Crippen molar-refractivity contribution in [3.05, 3.63) is 54.1 Å². The molecule has 0 unspecified atom stereocenters. The van der Waals surface area contributed by atoms with E-state index in [9.17, 15) is 9.18 Å². The van der Waals surface area contributed by atoms with Crippen LogP contribution in [0.5, 0.6) is 0 Å². The normalized spacial score (nSPS) is 10.1. The highest BCUT2D eigenvalue weighted by Gasteiger charge is 2.16. The van der Waals surface area contributed by atoms with Crippen LogP contribution in [0.4, 0.5) is 15.8 Å². The number of halogens is 1. The zero-order valence-electron chi connectivity index (χ0n) is 9.80. The lowest BCUT2D eigenvalue weighted by Crippen LogP contribution is -2.27. The SMILES string of the molecule is CN(C(=O)c1ccc(F)cc1N)c1ccncc1. The number of nitrogens with zero attached hydrogens (tertiary/aromatic N) is 2. The van der Waals surface area contributed by atoms with Gasteiger partial charge in [-0.1, -0.05) is 0 Å². The van der Waals surface area contributed by atoms with Crippen LogP contribution in [0.3, 0.4) is 0 Å². The smallest absolute Gasteiger partial charge is 0.260 e. The topological polar surface area (TPSA) is 59.2 Å². The van der Waals surface area contributed by atoms with Crippen LogP contribution < -0.4 is 10.6 Å². The summed E-state index contributed by atoms with van der Waals surface area (Å²) in [6.45, 7) is 0. The van der Waals surface area contributed by atoms with E-state index in [2.05, 4.69) is 4.98 Å². The highest BCUT2D eigenvalue weighted by atomic mass is 19.1. The molecule has 0 bridgehead atoms. The first-order valence-corrected chi connectivity index (χ1v) is 5.32. The van der Waals surface area contributed by atoms with Crippen LogP contribution in [0.15, 0.2) is 42.7 Å². The van der Waals surface area contributed by atoms with Crippen molar-refractivity contribution >= 4 is 17.3 Å². The second-order valence-corrected chi connectivity index (χ2v) is 3.80. The average Bonchev–Trinajstić information content (AvgIpc) is 2.38. The quantitative estimate of drug-likeness (QED) is 0.824. The molecule has 0 aliphatic heterocycles. The van der Waals surface area contributed by atoms with Gasteiger partial charge >= 0.3 is 0 Å². The predicted molar refractivity (Wildman–Crippen MR) is 67.8 cm³/mol. The molecule has 18 heavy (non-hydrogen) atoms. The third kappa shape index (κ3) is 2.29. The number of nitrogens with two attached hydrogens (primary N) is 1. The molecule has 2 rings (SSSR count). The Bertz CT molecular complexity index is 572. The van der Waals surface area contributed by atoms with Crippen molar-refractivity contribution < 1.29 is 9.18 Å². The molecule has 0 atom stereocenters. The Morgan fingerprint density at radius 2 is 1.94 bits per heavy atom. The molecule has 2 N–H and O–H groups in total. The van der Waals surface area contributed by atoms with Gasteiger partial charge in [-0.05, 0) is 30.3 Å². The molecule has 0 radical (unpaired) electrons. The number of benzene rings is 1. The van der Waals surface area contributed by atoms with Crippen molar-refractivity contribution in [1.29, 1.82) is 0 Å². The molecule has 4 nitrogen and oxygen atoms in total. The molecule has 1 amide bonds. The van der Waals surface area contributed by atoms with E-state index in [-0.39, 0.29) is 17.2 Å². The van der Waals surface area contributed by atoms with Gasteiger partial charge in [0.1, 0.15) is 5.82 Å². The summed E-state index contributed by atoms with van der Waals surface area (Å²) in [5.74, 6) is -0.755. The number of amides is 1. The van der Waals surface area contributed by atoms with Gasteiger partial charge in [0.15, 0.2) is 0 Å². The van der Waals surface area contributed by atoms with Crippen molar-refractivity contribution in [1.82, 2.24) is 4.98 Å². The number of carbonyl (C=O) groups excluding carboxylic acids is 1. The number of hydrogen-bond donors (Lipinski definition) is 1. The van der Waals surface area contributed by atoms with E-state index in [1.54, 1.807) is 31.6 Å². The second-order valence-electron chi connectivity index (χ2n) is 3.80. The Morgan fingerprint density at radius 3 is 2.56 bits per heavy atom. The maximum Gasteiger partial charge on any atom is 0.260 e. The predicted octanol–water partition coefficient (Wildman–Crippen LogP) is 2.08. The van der Waals surface area contributed by atoms with E-state index in [1.165, 1.54) is 17.0 Å². The Hall–Kier alpha value is -2.43. The first-order valence-electron chi connectivity index (χ1n) is 5.32. The third-order valence-corrected chi connectivity index (χ3v) is 2.60. The van der Waals surface area contributed by atoms with Gasteiger partial charge in [-0.25, -0.2) is 4.39 Å². The van der Waals surface area contributed by atoms with E-state index in [0.29, 0.717) is 5.69 Å². The highest BCUT2D eigenvalue weighted by molar-refractivity contribution is 6.08. The number of rotatable bonds is 2. The summed E-state index contributed by atoms with van der Waals surface area (Å²) in [5, 5.41) is 0. The van der Waals surface area contributed by atoms with Crippen molar-refractivity contribution in [3.63, 3.8) is 0 Å². The van der Waals surface area contributed by atoms with Gasteiger partial charge in [0.05, 0.1) is 5.56 Å². The number of hydrogen-bond acceptors (Lipinski definition) is 3. The minimum absolute atomic E-state index is 0.126. The number of aromatic nitrogens is 1. The average molecular weight is 245 g/mol. The van der Waals surface area contributed by atoms with Crippen LogP contribution in [0.1, 0.15) is 10.4 Å². The lowest BCUT2D eigenvalue weighted by atomic mass is 10.1. The molecular weight excluding hydrogens is 233 g/mol. The molecule has 0 spiro atoms. The van der Waals surface area contributed by atoms with Crippen LogP contribution in [0, 0.1) is 5.82 Å². The summed E-state index contributed by atoms with van der Waals surface area (Å²) in [6.07, 6.45) is 3.18. The Kier molecular flexibility index (Phi) is 3.23. The maximum absolute atomic E-state index is 12.9. The Morgan fingerprint density at radius 1 is 1.28 bits per heavy atom. The third-order valence-electron chi connectivity index (χ3n) is 2.60. The minimum Gasteiger partial charge on any atom is -0.398 e. The van der Waals surface area contributed by atoms with Crippen molar-refractivity contribution in [3.8, 4) is 0 Å². The molecule has 0 aliphatic carbocycles. The molecule has 0 saturated carbocycles. The van der Waals surface area contributed by atoms with Crippen molar-refractivity contribution in [2.24, 2.45) is 0 Å². The van der Waals surface area contributed by atoms with Crippen LogP contribution in [0.2, 0.25) is 0 Å². The molecule has 0 aliphatic rings. The molecule has 0 fully saturated rings. The molecule has 1 heterocycles. The number of nitrogen functional groups attached to an aromatic ring is 1. The molecular formula is C13H12FN3O. The van der Waals surface area contributed by atoms with Crippen LogP contribution in [0.25, 0.3) is 0 Å². The summed E-state index contributed by atoms with van der Waals surface area (Å²) in [6, 6.07) is 7.14. The standard InChI is InChI=1S/C13H12FN3O/c1-17(10-4-6-16-7-5-10)13(18)11-3-2-9(14)8-12(11)15/h2-8H,15H2,1H3. The van der Waals surface area contributed by atoms with Crippen LogP contribution in [-0.4, -0.2) is 17.9 Å². The monoisotopic (exact) mass is 245 g/mol. The van der Waals surface area contributed by atoms with Crippen molar-refractivity contribution in [2.45, 2.75) is 0 Å². The fourth-order valence-corrected chi connectivity index (χ4v) is 1.59. The fraction of sp³-hybridized carbons (Fsp3) is 0.0769. The second kappa shape index (κ2) is 4.83. The number of anilines is 2. The van der Waals surface area contributed by atoms with E-state index in [4.69, 9.17) is 5.73 Å². The lowest BCUT2D eigenvalue weighted by Gasteiger charge is -2.18. The zero-order valence-corrected chi connectivity index (χ0v) is 9.80. The Labute approximate surface area is 104 Å². The largest absolute Gasteiger partial charge is 0.398 e. The zero-order chi connectivity index (χ0) is 13.1. The highest BCUT2D eigenvalue weighted by Crippen LogP contribution is 2.19. The molecule has 92 valence electrons. The maximum atomic E-state index is 12.9. The molecule has 1 aromatic heterocycles. The Balaban J connectivity index is 2.32. The minimum atomic E-state index is -0.462. The van der Waals surface area contributed by atoms with E-state index >= 15 is 0 Å². The van der Waals surface area contributed by atoms with Gasteiger partial charge in [0.25, 0.3) is 5.91 Å². The summed E-state index contributed by atoms with van der Waals surface area (Å²) in [5.41, 5.74) is 6.73. The van der Waals surface area contributed by atoms with E-state index < -0.39 is 5.82 Å². The van der Waals surface area contributed by atoms with Crippen LogP contribution >= 0.6 is 0 Å². The summed E-state index contributed by atoms with van der Waals surface area (Å²) < 4.78 is 12.9. The first kappa shape index (κ1) is 12.0. The summed E-state index contributed by atoms with van der Waals surface area (Å²) >= 11 is 0. The lowest BCUT2D eigenvalue weighted by molar-refractivity contribution is 0.0994. The van der Waals surface area contributed by atoms with Gasteiger partial charge in [0, 0.05) is 30.8 Å². The fourth-order valence-electron chi connectivity index (χ4n) is 1.59. The van der Waals surface area contributed by atoms with Gasteiger partial charge in [0.2, 0.25) is 0 Å². The van der Waals surface area contributed by atoms with Gasteiger partial charge in [-0.2, -0.15) is 0 Å². The molecule has 2 aromatic rings. The van der Waals surface area contributed by atoms with E-state index in [0.717, 1.165) is 6.07 Å².